The molecule has 0 heterocycles. The summed E-state index contributed by atoms with van der Waals surface area (Å²) in [5, 5.41) is 11.5. The molecule has 0 saturated carbocycles. The van der Waals surface area contributed by atoms with Gasteiger partial charge in [-0.1, -0.05) is 0 Å². The summed E-state index contributed by atoms with van der Waals surface area (Å²) < 4.78 is 0. The molecular weight excluding hydrogens is 202 g/mol. The number of amidine groups is 1. The third-order valence-corrected chi connectivity index (χ3v) is 1.93. The number of hydrogen-bond acceptors (Lipinski definition) is 4. The van der Waals surface area contributed by atoms with Crippen LogP contribution in [-0.4, -0.2) is 41.3 Å². The fourth-order valence-corrected chi connectivity index (χ4v) is 1.22. The Hall–Kier alpha value is -0.750. The van der Waals surface area contributed by atoms with E-state index in [1.54, 1.807) is 6.92 Å². The molecule has 0 aromatic carbocycles. The molecule has 5 nitrogen and oxygen atoms in total. The number of carboxylic acid groups (broad SMARTS) is 1. The van der Waals surface area contributed by atoms with Crippen molar-refractivity contribution in [1.82, 2.24) is 5.32 Å². The van der Waals surface area contributed by atoms with Crippen molar-refractivity contribution >= 4 is 24.4 Å². The maximum absolute atomic E-state index is 10.6. The van der Waals surface area contributed by atoms with Crippen LogP contribution >= 0.6 is 12.6 Å². The summed E-state index contributed by atoms with van der Waals surface area (Å²) in [7, 11) is 0. The number of nitrogens with two attached hydrogens (primary N) is 1. The van der Waals surface area contributed by atoms with E-state index in [2.05, 4.69) is 22.9 Å². The number of carbonyl (C=O) groups is 1. The largest absolute Gasteiger partial charge is 0.480 e. The van der Waals surface area contributed by atoms with Gasteiger partial charge in [0.05, 0.1) is 11.9 Å². The lowest BCUT2D eigenvalue weighted by atomic mass is 10.3. The Kier molecular flexibility index (Phi) is 6.31. The van der Waals surface area contributed by atoms with Gasteiger partial charge in [-0.15, -0.1) is 0 Å². The molecule has 0 rings (SSSR count). The molecule has 0 aliphatic carbocycles. The van der Waals surface area contributed by atoms with Crippen molar-refractivity contribution in [3.05, 3.63) is 0 Å². The van der Waals surface area contributed by atoms with E-state index in [1.807, 2.05) is 6.92 Å². The number of aliphatic carboxylic acids is 1. The number of thiol groups is 1. The summed E-state index contributed by atoms with van der Waals surface area (Å²) in [5.74, 6) is -0.148. The average Bonchev–Trinajstić information content (AvgIpc) is 2.03. The zero-order valence-electron chi connectivity index (χ0n) is 8.40. The zero-order valence-corrected chi connectivity index (χ0v) is 9.29. The number of aliphatic imine (C=N–C) groups is 1. The van der Waals surface area contributed by atoms with Gasteiger partial charge in [0.25, 0.3) is 0 Å². The third kappa shape index (κ3) is 5.82. The third-order valence-electron chi connectivity index (χ3n) is 1.56. The summed E-state index contributed by atoms with van der Waals surface area (Å²) in [6, 6.07) is -0.657. The number of hydrogen-bond donors (Lipinski definition) is 4. The Bertz CT molecular complexity index is 217. The van der Waals surface area contributed by atoms with E-state index >= 15 is 0 Å². The molecule has 0 amide bonds. The number of nitrogens with zero attached hydrogens (tertiary/aromatic N) is 1. The van der Waals surface area contributed by atoms with Gasteiger partial charge in [-0.3, -0.25) is 9.79 Å². The smallest absolute Gasteiger partial charge is 0.321 e. The molecule has 0 fully saturated rings. The lowest BCUT2D eigenvalue weighted by molar-refractivity contribution is -0.138. The quantitative estimate of drug-likeness (QED) is 0.281. The first-order chi connectivity index (χ1) is 6.47. The minimum Gasteiger partial charge on any atom is -0.480 e. The van der Waals surface area contributed by atoms with Gasteiger partial charge in [0.15, 0.2) is 0 Å². The highest BCUT2D eigenvalue weighted by atomic mass is 32.1. The monoisotopic (exact) mass is 219 g/mol. The summed E-state index contributed by atoms with van der Waals surface area (Å²) in [4.78, 5) is 14.7. The van der Waals surface area contributed by atoms with Gasteiger partial charge in [-0.25, -0.2) is 0 Å². The molecule has 0 aliphatic heterocycles. The normalized spacial score (nSPS) is 16.4. The molecule has 0 spiro atoms. The fourth-order valence-electron chi connectivity index (χ4n) is 0.936. The summed E-state index contributed by atoms with van der Waals surface area (Å²) in [6.45, 7) is 4.04. The molecule has 0 aromatic rings. The van der Waals surface area contributed by atoms with Crippen molar-refractivity contribution in [2.45, 2.75) is 25.9 Å². The van der Waals surface area contributed by atoms with E-state index < -0.39 is 12.0 Å². The Labute approximate surface area is 89.2 Å². The van der Waals surface area contributed by atoms with E-state index in [4.69, 9.17) is 10.8 Å². The molecule has 4 N–H and O–H groups in total. The number of rotatable bonds is 6. The second kappa shape index (κ2) is 6.67. The lowest BCUT2D eigenvalue weighted by Crippen LogP contribution is -2.41. The van der Waals surface area contributed by atoms with Crippen LogP contribution in [0.15, 0.2) is 4.99 Å². The fraction of sp³-hybridized carbons (Fsp3) is 0.750. The van der Waals surface area contributed by atoms with E-state index in [9.17, 15) is 4.79 Å². The molecule has 0 aromatic heterocycles. The van der Waals surface area contributed by atoms with E-state index in [1.165, 1.54) is 0 Å². The number of nitrogens with one attached hydrogen (secondary N) is 1. The van der Waals surface area contributed by atoms with Gasteiger partial charge in [0, 0.05) is 12.3 Å². The van der Waals surface area contributed by atoms with Crippen LogP contribution < -0.4 is 11.1 Å². The van der Waals surface area contributed by atoms with E-state index in [0.29, 0.717) is 12.4 Å². The van der Waals surface area contributed by atoms with Crippen molar-refractivity contribution in [2.75, 3.05) is 12.3 Å². The van der Waals surface area contributed by atoms with Crippen molar-refractivity contribution in [3.63, 3.8) is 0 Å². The SMILES string of the molecule is CC(N)=N[C@@H](C)CN[C@@H](CS)C(=O)O. The molecule has 0 bridgehead atoms. The molecule has 0 saturated heterocycles. The molecule has 14 heavy (non-hydrogen) atoms. The van der Waals surface area contributed by atoms with Crippen molar-refractivity contribution in [3.8, 4) is 0 Å². The van der Waals surface area contributed by atoms with Crippen LogP contribution in [0.3, 0.4) is 0 Å². The van der Waals surface area contributed by atoms with Crippen LogP contribution in [-0.2, 0) is 4.79 Å². The lowest BCUT2D eigenvalue weighted by Gasteiger charge is -2.13. The highest BCUT2D eigenvalue weighted by Gasteiger charge is 2.14. The van der Waals surface area contributed by atoms with Crippen molar-refractivity contribution in [1.29, 1.82) is 0 Å². The predicted octanol–water partition coefficient (Wildman–Crippen LogP) is -0.275. The molecule has 0 radical (unpaired) electrons. The van der Waals surface area contributed by atoms with Gasteiger partial charge < -0.3 is 16.2 Å². The maximum atomic E-state index is 10.6. The molecule has 0 unspecified atom stereocenters. The van der Waals surface area contributed by atoms with Crippen LogP contribution in [0.2, 0.25) is 0 Å². The topological polar surface area (TPSA) is 87.7 Å². The molecular formula is C8H17N3O2S. The van der Waals surface area contributed by atoms with Gasteiger partial charge >= 0.3 is 5.97 Å². The van der Waals surface area contributed by atoms with Gasteiger partial charge in [-0.2, -0.15) is 12.6 Å². The first kappa shape index (κ1) is 13.2. The van der Waals surface area contributed by atoms with Crippen LogP contribution in [0, 0.1) is 0 Å². The first-order valence-electron chi connectivity index (χ1n) is 4.34. The first-order valence-corrected chi connectivity index (χ1v) is 4.97. The summed E-state index contributed by atoms with van der Waals surface area (Å²) in [6.07, 6.45) is 0. The minimum absolute atomic E-state index is 0.0262. The summed E-state index contributed by atoms with van der Waals surface area (Å²) in [5.41, 5.74) is 5.38. The minimum atomic E-state index is -0.902. The molecule has 0 aliphatic rings. The van der Waals surface area contributed by atoms with Crippen molar-refractivity contribution in [2.24, 2.45) is 10.7 Å². The van der Waals surface area contributed by atoms with Crippen molar-refractivity contribution < 1.29 is 9.90 Å². The van der Waals surface area contributed by atoms with Crippen LogP contribution in [0.4, 0.5) is 0 Å². The Morgan fingerprint density at radius 1 is 1.71 bits per heavy atom. The Morgan fingerprint density at radius 2 is 2.29 bits per heavy atom. The second-order valence-corrected chi connectivity index (χ2v) is 3.47. The van der Waals surface area contributed by atoms with Crippen LogP contribution in [0.1, 0.15) is 13.8 Å². The zero-order chi connectivity index (χ0) is 11.1. The highest BCUT2D eigenvalue weighted by molar-refractivity contribution is 7.80. The molecule has 82 valence electrons. The van der Waals surface area contributed by atoms with E-state index in [-0.39, 0.29) is 11.8 Å². The van der Waals surface area contributed by atoms with Gasteiger partial charge in [0.2, 0.25) is 0 Å². The van der Waals surface area contributed by atoms with Crippen LogP contribution in [0.5, 0.6) is 0 Å². The van der Waals surface area contributed by atoms with Gasteiger partial charge in [-0.05, 0) is 13.8 Å². The Morgan fingerprint density at radius 3 is 2.64 bits per heavy atom. The number of carboxylic acids is 1. The van der Waals surface area contributed by atoms with Gasteiger partial charge in [0.1, 0.15) is 6.04 Å². The second-order valence-electron chi connectivity index (χ2n) is 3.10. The summed E-state index contributed by atoms with van der Waals surface area (Å²) >= 11 is 3.92. The molecule has 2 atom stereocenters. The molecule has 6 heteroatoms. The maximum Gasteiger partial charge on any atom is 0.321 e. The standard InChI is InChI=1S/C8H17N3O2S/c1-5(11-6(2)9)3-10-7(4-14)8(12)13/h5,7,10,14H,3-4H2,1-2H3,(H2,9,11)(H,12,13)/t5-,7-/m0/s1. The predicted molar refractivity (Wildman–Crippen MR) is 60.0 cm³/mol. The Balaban J connectivity index is 3.91. The van der Waals surface area contributed by atoms with E-state index in [0.717, 1.165) is 0 Å². The average molecular weight is 219 g/mol. The highest BCUT2D eigenvalue weighted by Crippen LogP contribution is 1.92. The van der Waals surface area contributed by atoms with Crippen LogP contribution in [0.25, 0.3) is 0 Å².